The monoisotopic (exact) mass is 332 g/mol. The maximum Gasteiger partial charge on any atom is 0.168 e. The highest BCUT2D eigenvalue weighted by Crippen LogP contribution is 2.11. The highest BCUT2D eigenvalue weighted by molar-refractivity contribution is 7.80. The summed E-state index contributed by atoms with van der Waals surface area (Å²) in [6.07, 6.45) is 0.859. The Labute approximate surface area is 142 Å². The fourth-order valence-electron chi connectivity index (χ4n) is 2.19. The highest BCUT2D eigenvalue weighted by Gasteiger charge is 2.08. The average Bonchev–Trinajstić information content (AvgIpc) is 2.57. The molecule has 0 amide bonds. The van der Waals surface area contributed by atoms with Crippen LogP contribution in [0.25, 0.3) is 0 Å². The lowest BCUT2D eigenvalue weighted by Crippen LogP contribution is -2.37. The zero-order valence-electron chi connectivity index (χ0n) is 13.4. The van der Waals surface area contributed by atoms with Crippen LogP contribution in [0, 0.1) is 5.82 Å². The van der Waals surface area contributed by atoms with Crippen molar-refractivity contribution in [1.29, 1.82) is 0 Å². The van der Waals surface area contributed by atoms with Crippen molar-refractivity contribution in [2.75, 3.05) is 20.7 Å². The molecule has 122 valence electrons. The second-order valence-corrected chi connectivity index (χ2v) is 5.66. The molecule has 5 heteroatoms. The Morgan fingerprint density at radius 3 is 2.52 bits per heavy atom. The molecule has 0 radical (unpaired) electrons. The largest absolute Gasteiger partial charge is 0.497 e. The van der Waals surface area contributed by atoms with Crippen molar-refractivity contribution in [3.63, 3.8) is 0 Å². The molecule has 2 aromatic carbocycles. The summed E-state index contributed by atoms with van der Waals surface area (Å²) in [6, 6.07) is 14.7. The smallest absolute Gasteiger partial charge is 0.168 e. The van der Waals surface area contributed by atoms with Gasteiger partial charge in [0.2, 0.25) is 0 Å². The van der Waals surface area contributed by atoms with Gasteiger partial charge < -0.3 is 15.0 Å². The number of methoxy groups -OCH3 is 1. The summed E-state index contributed by atoms with van der Waals surface area (Å²) in [4.78, 5) is 1.84. The van der Waals surface area contributed by atoms with Crippen molar-refractivity contribution < 1.29 is 9.13 Å². The third kappa shape index (κ3) is 5.21. The lowest BCUT2D eigenvalue weighted by Gasteiger charge is -2.21. The van der Waals surface area contributed by atoms with Crippen LogP contribution >= 0.6 is 12.2 Å². The van der Waals surface area contributed by atoms with Crippen molar-refractivity contribution >= 4 is 17.3 Å². The number of benzene rings is 2. The van der Waals surface area contributed by atoms with Crippen LogP contribution in [0.1, 0.15) is 11.1 Å². The van der Waals surface area contributed by atoms with Gasteiger partial charge >= 0.3 is 0 Å². The quantitative estimate of drug-likeness (QED) is 0.820. The molecule has 3 nitrogen and oxygen atoms in total. The molecule has 0 aliphatic heterocycles. The summed E-state index contributed by atoms with van der Waals surface area (Å²) < 4.78 is 18.8. The number of thiocarbonyl (C=S) groups is 1. The summed E-state index contributed by atoms with van der Waals surface area (Å²) in [5.41, 5.74) is 1.84. The van der Waals surface area contributed by atoms with E-state index in [2.05, 4.69) is 5.32 Å². The van der Waals surface area contributed by atoms with E-state index in [1.807, 2.05) is 42.3 Å². The van der Waals surface area contributed by atoms with Gasteiger partial charge in [-0.3, -0.25) is 0 Å². The molecular weight excluding hydrogens is 311 g/mol. The molecular formula is C18H21FN2OS. The van der Waals surface area contributed by atoms with Gasteiger partial charge in [-0.1, -0.05) is 30.3 Å². The van der Waals surface area contributed by atoms with Gasteiger partial charge in [-0.25, -0.2) is 4.39 Å². The number of halogens is 1. The number of nitrogens with one attached hydrogen (secondary N) is 1. The zero-order valence-corrected chi connectivity index (χ0v) is 14.2. The van der Waals surface area contributed by atoms with E-state index in [0.717, 1.165) is 18.7 Å². The molecule has 0 unspecified atom stereocenters. The van der Waals surface area contributed by atoms with Crippen LogP contribution in [0.2, 0.25) is 0 Å². The van der Waals surface area contributed by atoms with E-state index in [1.54, 1.807) is 19.2 Å². The zero-order chi connectivity index (χ0) is 16.7. The number of rotatable bonds is 6. The molecule has 0 aromatic heterocycles. The van der Waals surface area contributed by atoms with Crippen LogP contribution in [-0.4, -0.2) is 30.7 Å². The van der Waals surface area contributed by atoms with E-state index in [0.29, 0.717) is 17.2 Å². The van der Waals surface area contributed by atoms with Crippen LogP contribution in [0.4, 0.5) is 4.39 Å². The van der Waals surface area contributed by atoms with Gasteiger partial charge in [0.15, 0.2) is 5.11 Å². The Bertz CT molecular complexity index is 646. The molecule has 0 saturated carbocycles. The summed E-state index contributed by atoms with van der Waals surface area (Å²) in [7, 11) is 3.51. The Balaban J connectivity index is 1.78. The standard InChI is InChI=1S/C18H21FN2OS/c1-21(13-15-5-3-4-6-17(15)19)18(23)20-12-11-14-7-9-16(22-2)10-8-14/h3-10H,11-13H2,1-2H3,(H,20,23). The Morgan fingerprint density at radius 2 is 1.87 bits per heavy atom. The molecule has 0 heterocycles. The van der Waals surface area contributed by atoms with Crippen molar-refractivity contribution in [2.24, 2.45) is 0 Å². The Kier molecular flexibility index (Phi) is 6.35. The molecule has 0 spiro atoms. The minimum Gasteiger partial charge on any atom is -0.497 e. The molecule has 0 aliphatic carbocycles. The third-order valence-corrected chi connectivity index (χ3v) is 4.02. The summed E-state index contributed by atoms with van der Waals surface area (Å²) >= 11 is 5.35. The first-order valence-electron chi connectivity index (χ1n) is 7.45. The number of hydrogen-bond donors (Lipinski definition) is 1. The van der Waals surface area contributed by atoms with Gasteiger partial charge in [-0.2, -0.15) is 0 Å². The Hall–Kier alpha value is -2.14. The van der Waals surface area contributed by atoms with Crippen molar-refractivity contribution in [3.8, 4) is 5.75 Å². The number of nitrogens with zero attached hydrogens (tertiary/aromatic N) is 1. The first-order chi connectivity index (χ1) is 11.1. The lowest BCUT2D eigenvalue weighted by molar-refractivity contribution is 0.414. The van der Waals surface area contributed by atoms with Gasteiger partial charge in [0, 0.05) is 25.7 Å². The summed E-state index contributed by atoms with van der Waals surface area (Å²) in [5, 5.41) is 3.82. The molecule has 23 heavy (non-hydrogen) atoms. The number of ether oxygens (including phenoxy) is 1. The minimum absolute atomic E-state index is 0.208. The molecule has 1 N–H and O–H groups in total. The maximum absolute atomic E-state index is 13.6. The maximum atomic E-state index is 13.6. The highest BCUT2D eigenvalue weighted by atomic mass is 32.1. The lowest BCUT2D eigenvalue weighted by atomic mass is 10.1. The topological polar surface area (TPSA) is 24.5 Å². The summed E-state index contributed by atoms with van der Waals surface area (Å²) in [5.74, 6) is 0.641. The fraction of sp³-hybridized carbons (Fsp3) is 0.278. The molecule has 0 bridgehead atoms. The molecule has 0 atom stereocenters. The molecule has 2 aromatic rings. The van der Waals surface area contributed by atoms with Crippen LogP contribution in [0.3, 0.4) is 0 Å². The van der Waals surface area contributed by atoms with Crippen molar-refractivity contribution in [1.82, 2.24) is 10.2 Å². The molecule has 0 fully saturated rings. The summed E-state index contributed by atoms with van der Waals surface area (Å²) in [6.45, 7) is 1.17. The van der Waals surface area contributed by atoms with Crippen LogP contribution in [0.5, 0.6) is 5.75 Å². The van der Waals surface area contributed by atoms with Crippen molar-refractivity contribution in [2.45, 2.75) is 13.0 Å². The predicted molar refractivity (Wildman–Crippen MR) is 95.2 cm³/mol. The first-order valence-corrected chi connectivity index (χ1v) is 7.86. The second kappa shape index (κ2) is 8.48. The SMILES string of the molecule is COc1ccc(CCNC(=S)N(C)Cc2ccccc2F)cc1. The van der Waals surface area contributed by atoms with E-state index in [9.17, 15) is 4.39 Å². The van der Waals surface area contributed by atoms with Gasteiger partial charge in [-0.15, -0.1) is 0 Å². The van der Waals surface area contributed by atoms with Crippen LogP contribution in [0.15, 0.2) is 48.5 Å². The van der Waals surface area contributed by atoms with Gasteiger partial charge in [0.05, 0.1) is 7.11 Å². The normalized spacial score (nSPS) is 10.2. The predicted octanol–water partition coefficient (Wildman–Crippen LogP) is 3.38. The number of hydrogen-bond acceptors (Lipinski definition) is 2. The van der Waals surface area contributed by atoms with E-state index in [-0.39, 0.29) is 5.82 Å². The van der Waals surface area contributed by atoms with E-state index in [1.165, 1.54) is 11.6 Å². The van der Waals surface area contributed by atoms with E-state index < -0.39 is 0 Å². The molecule has 0 aliphatic rings. The van der Waals surface area contributed by atoms with Gasteiger partial charge in [0.25, 0.3) is 0 Å². The van der Waals surface area contributed by atoms with Gasteiger partial charge in [-0.05, 0) is 42.4 Å². The van der Waals surface area contributed by atoms with E-state index in [4.69, 9.17) is 17.0 Å². The fourth-order valence-corrected chi connectivity index (χ4v) is 2.36. The average molecular weight is 332 g/mol. The first kappa shape index (κ1) is 17.2. The Morgan fingerprint density at radius 1 is 1.17 bits per heavy atom. The van der Waals surface area contributed by atoms with Gasteiger partial charge in [0.1, 0.15) is 11.6 Å². The third-order valence-electron chi connectivity index (χ3n) is 3.56. The second-order valence-electron chi connectivity index (χ2n) is 5.28. The molecule has 2 rings (SSSR count). The van der Waals surface area contributed by atoms with Crippen molar-refractivity contribution in [3.05, 3.63) is 65.5 Å². The molecule has 0 saturated heterocycles. The van der Waals surface area contributed by atoms with Crippen LogP contribution in [-0.2, 0) is 13.0 Å². The van der Waals surface area contributed by atoms with E-state index >= 15 is 0 Å². The minimum atomic E-state index is -0.208. The van der Waals surface area contributed by atoms with Crippen LogP contribution < -0.4 is 10.1 Å².